The van der Waals surface area contributed by atoms with Crippen LogP contribution in [0.2, 0.25) is 0 Å². The van der Waals surface area contributed by atoms with Gasteiger partial charge in [-0.1, -0.05) is 0 Å². The van der Waals surface area contributed by atoms with E-state index in [0.717, 1.165) is 37.9 Å². The fourth-order valence-corrected chi connectivity index (χ4v) is 2.61. The quantitative estimate of drug-likeness (QED) is 0.897. The molecular weight excluding hydrogens is 313 g/mol. The zero-order valence-electron chi connectivity index (χ0n) is 12.5. The van der Waals surface area contributed by atoms with Gasteiger partial charge in [-0.25, -0.2) is 9.78 Å². The average Bonchev–Trinajstić information content (AvgIpc) is 2.51. The lowest BCUT2D eigenvalue weighted by Gasteiger charge is -2.27. The molecule has 1 aromatic rings. The second-order valence-corrected chi connectivity index (χ2v) is 5.70. The highest BCUT2D eigenvalue weighted by atomic mass is 19.4. The third-order valence-electron chi connectivity index (χ3n) is 3.94. The molecule has 1 aromatic heterocycles. The van der Waals surface area contributed by atoms with Gasteiger partial charge in [-0.3, -0.25) is 0 Å². The number of amides is 1. The summed E-state index contributed by atoms with van der Waals surface area (Å²) in [5.74, 6) is 0.978. The van der Waals surface area contributed by atoms with Crippen LogP contribution in [0.3, 0.4) is 0 Å². The van der Waals surface area contributed by atoms with Crippen LogP contribution in [0, 0.1) is 11.8 Å². The third-order valence-corrected chi connectivity index (χ3v) is 3.94. The van der Waals surface area contributed by atoms with Gasteiger partial charge in [0.05, 0.1) is 19.4 Å². The number of rotatable bonds is 5. The molecule has 2 rings (SSSR count). The van der Waals surface area contributed by atoms with Gasteiger partial charge in [0.25, 0.3) is 0 Å². The van der Waals surface area contributed by atoms with Gasteiger partial charge in [0.1, 0.15) is 11.4 Å². The number of hydrogen-bond acceptors (Lipinski definition) is 4. The minimum atomic E-state index is -4.44. The number of nitrogens with two attached hydrogens (primary N) is 1. The van der Waals surface area contributed by atoms with Crippen molar-refractivity contribution in [3.8, 4) is 5.75 Å². The van der Waals surface area contributed by atoms with Gasteiger partial charge < -0.3 is 15.2 Å². The molecule has 0 aromatic carbocycles. The van der Waals surface area contributed by atoms with Crippen LogP contribution in [0.1, 0.15) is 31.4 Å². The fraction of sp³-hybridized carbons (Fsp3) is 0.600. The molecule has 1 aliphatic carbocycles. The van der Waals surface area contributed by atoms with E-state index in [4.69, 9.17) is 15.2 Å². The third kappa shape index (κ3) is 5.61. The predicted molar refractivity (Wildman–Crippen MR) is 75.7 cm³/mol. The number of nitrogens with zero attached hydrogens (tertiary/aromatic N) is 1. The van der Waals surface area contributed by atoms with E-state index in [1.54, 1.807) is 0 Å². The second kappa shape index (κ2) is 7.52. The second-order valence-electron chi connectivity index (χ2n) is 5.70. The van der Waals surface area contributed by atoms with E-state index in [0.29, 0.717) is 30.8 Å². The van der Waals surface area contributed by atoms with Crippen LogP contribution in [-0.2, 0) is 10.9 Å². The van der Waals surface area contributed by atoms with Crippen molar-refractivity contribution in [2.75, 3.05) is 13.2 Å². The van der Waals surface area contributed by atoms with Crippen molar-refractivity contribution in [3.63, 3.8) is 0 Å². The smallest absolute Gasteiger partial charge is 0.433 e. The zero-order chi connectivity index (χ0) is 16.9. The van der Waals surface area contributed by atoms with Crippen molar-refractivity contribution < 1.29 is 27.4 Å². The van der Waals surface area contributed by atoms with Gasteiger partial charge >= 0.3 is 12.3 Å². The van der Waals surface area contributed by atoms with Crippen molar-refractivity contribution in [2.45, 2.75) is 31.9 Å². The molecule has 0 saturated heterocycles. The summed E-state index contributed by atoms with van der Waals surface area (Å²) in [5, 5.41) is 0. The highest BCUT2D eigenvalue weighted by Crippen LogP contribution is 2.30. The topological polar surface area (TPSA) is 74.4 Å². The minimum Gasteiger partial charge on any atom is -0.492 e. The van der Waals surface area contributed by atoms with Gasteiger partial charge in [0, 0.05) is 0 Å². The number of primary amides is 1. The van der Waals surface area contributed by atoms with E-state index in [1.165, 1.54) is 6.07 Å². The Balaban J connectivity index is 1.72. The maximum absolute atomic E-state index is 12.4. The summed E-state index contributed by atoms with van der Waals surface area (Å²) in [4.78, 5) is 13.9. The van der Waals surface area contributed by atoms with Crippen LogP contribution >= 0.6 is 0 Å². The van der Waals surface area contributed by atoms with Crippen molar-refractivity contribution >= 4 is 6.09 Å². The molecule has 1 fully saturated rings. The molecule has 128 valence electrons. The van der Waals surface area contributed by atoms with Crippen LogP contribution < -0.4 is 10.5 Å². The average molecular weight is 332 g/mol. The number of carbonyl (C=O) groups is 1. The summed E-state index contributed by atoms with van der Waals surface area (Å²) >= 11 is 0. The summed E-state index contributed by atoms with van der Waals surface area (Å²) in [6.07, 6.45) is -0.454. The number of alkyl halides is 3. The van der Waals surface area contributed by atoms with Crippen LogP contribution in [0.15, 0.2) is 18.3 Å². The van der Waals surface area contributed by atoms with Gasteiger partial charge in [0.2, 0.25) is 0 Å². The molecular formula is C15H19F3N2O3. The Labute approximate surface area is 132 Å². The first-order valence-corrected chi connectivity index (χ1v) is 7.43. The molecule has 0 aliphatic heterocycles. The van der Waals surface area contributed by atoms with E-state index in [9.17, 15) is 18.0 Å². The molecule has 23 heavy (non-hydrogen) atoms. The number of pyridine rings is 1. The van der Waals surface area contributed by atoms with Gasteiger partial charge in [-0.15, -0.1) is 0 Å². The van der Waals surface area contributed by atoms with Crippen molar-refractivity contribution in [1.82, 2.24) is 4.98 Å². The minimum absolute atomic E-state index is 0.312. The Hall–Kier alpha value is -1.99. The monoisotopic (exact) mass is 332 g/mol. The Morgan fingerprint density at radius 2 is 1.78 bits per heavy atom. The van der Waals surface area contributed by atoms with Gasteiger partial charge in [0.15, 0.2) is 0 Å². The Morgan fingerprint density at radius 1 is 1.17 bits per heavy atom. The molecule has 1 heterocycles. The Kier molecular flexibility index (Phi) is 5.68. The van der Waals surface area contributed by atoms with Gasteiger partial charge in [-0.05, 0) is 49.7 Å². The first-order chi connectivity index (χ1) is 10.8. The molecule has 0 atom stereocenters. The van der Waals surface area contributed by atoms with E-state index < -0.39 is 18.0 Å². The fourth-order valence-electron chi connectivity index (χ4n) is 2.61. The summed E-state index contributed by atoms with van der Waals surface area (Å²) in [6.45, 7) is 0.780. The molecule has 0 bridgehead atoms. The largest absolute Gasteiger partial charge is 0.492 e. The summed E-state index contributed by atoms with van der Waals surface area (Å²) in [7, 11) is 0. The van der Waals surface area contributed by atoms with E-state index >= 15 is 0 Å². The van der Waals surface area contributed by atoms with Crippen molar-refractivity contribution in [2.24, 2.45) is 17.6 Å². The summed E-state index contributed by atoms with van der Waals surface area (Å²) in [6, 6.07) is 2.19. The molecule has 1 saturated carbocycles. The van der Waals surface area contributed by atoms with E-state index in [-0.39, 0.29) is 0 Å². The highest BCUT2D eigenvalue weighted by molar-refractivity contribution is 5.64. The number of hydrogen-bond donors (Lipinski definition) is 1. The Bertz CT molecular complexity index is 512. The molecule has 5 nitrogen and oxygen atoms in total. The van der Waals surface area contributed by atoms with Crippen LogP contribution in [0.25, 0.3) is 0 Å². The zero-order valence-corrected chi connectivity index (χ0v) is 12.5. The predicted octanol–water partition coefficient (Wildman–Crippen LogP) is 3.38. The lowest BCUT2D eigenvalue weighted by molar-refractivity contribution is -0.141. The lowest BCUT2D eigenvalue weighted by Crippen LogP contribution is -2.25. The first-order valence-electron chi connectivity index (χ1n) is 7.43. The van der Waals surface area contributed by atoms with Crippen LogP contribution in [0.4, 0.5) is 18.0 Å². The maximum Gasteiger partial charge on any atom is 0.433 e. The SMILES string of the molecule is NC(=O)OCC1CCC(COc2ccc(C(F)(F)F)nc2)CC1. The molecule has 8 heteroatoms. The van der Waals surface area contributed by atoms with Gasteiger partial charge in [-0.2, -0.15) is 13.2 Å². The maximum atomic E-state index is 12.4. The van der Waals surface area contributed by atoms with Crippen molar-refractivity contribution in [1.29, 1.82) is 0 Å². The van der Waals surface area contributed by atoms with E-state index in [2.05, 4.69) is 4.98 Å². The number of ether oxygens (including phenoxy) is 2. The molecule has 1 amide bonds. The summed E-state index contributed by atoms with van der Waals surface area (Å²) < 4.78 is 47.5. The number of halogens is 3. The molecule has 0 radical (unpaired) electrons. The number of aromatic nitrogens is 1. The van der Waals surface area contributed by atoms with E-state index in [1.807, 2.05) is 0 Å². The molecule has 0 unspecified atom stereocenters. The lowest BCUT2D eigenvalue weighted by atomic mass is 9.83. The van der Waals surface area contributed by atoms with Crippen LogP contribution in [0.5, 0.6) is 5.75 Å². The van der Waals surface area contributed by atoms with Crippen LogP contribution in [-0.4, -0.2) is 24.3 Å². The number of carbonyl (C=O) groups excluding carboxylic acids is 1. The first kappa shape index (κ1) is 17.4. The standard InChI is InChI=1S/C15H19F3N2O3/c16-15(17,18)13-6-5-12(7-20-13)22-8-10-1-3-11(4-2-10)9-23-14(19)21/h5-7,10-11H,1-4,8-9H2,(H2,19,21). The Morgan fingerprint density at radius 3 is 2.26 bits per heavy atom. The summed E-state index contributed by atoms with van der Waals surface area (Å²) in [5.41, 5.74) is 4.00. The molecule has 1 aliphatic rings. The highest BCUT2D eigenvalue weighted by Gasteiger charge is 2.32. The van der Waals surface area contributed by atoms with Crippen molar-refractivity contribution in [3.05, 3.63) is 24.0 Å². The molecule has 0 spiro atoms. The molecule has 2 N–H and O–H groups in total. The normalized spacial score (nSPS) is 21.7.